The van der Waals surface area contributed by atoms with Gasteiger partial charge in [0.1, 0.15) is 17.2 Å². The Kier molecular flexibility index (Phi) is 2.90. The van der Waals surface area contributed by atoms with Gasteiger partial charge in [0.2, 0.25) is 0 Å². The van der Waals surface area contributed by atoms with E-state index in [1.54, 1.807) is 6.20 Å². The standard InChI is InChI=1S/C11H15ClN4O/c12-7-4-14-5-15-11(7)16-9-8(13)6-2-1-3-17-10(6)9/h4-6,8-10H,1-3,13H2,(H,14,15,16). The second-order valence-electron chi connectivity index (χ2n) is 4.61. The molecule has 0 spiro atoms. The van der Waals surface area contributed by atoms with Gasteiger partial charge >= 0.3 is 0 Å². The Balaban J connectivity index is 1.72. The quantitative estimate of drug-likeness (QED) is 0.825. The molecule has 1 aliphatic heterocycles. The largest absolute Gasteiger partial charge is 0.376 e. The van der Waals surface area contributed by atoms with Crippen molar-refractivity contribution in [1.29, 1.82) is 0 Å². The van der Waals surface area contributed by atoms with E-state index in [0.717, 1.165) is 19.4 Å². The summed E-state index contributed by atoms with van der Waals surface area (Å²) in [5.74, 6) is 1.11. The molecule has 2 heterocycles. The second-order valence-corrected chi connectivity index (χ2v) is 5.02. The first kappa shape index (κ1) is 11.2. The van der Waals surface area contributed by atoms with E-state index in [1.807, 2.05) is 0 Å². The minimum Gasteiger partial charge on any atom is -0.376 e. The van der Waals surface area contributed by atoms with E-state index in [0.29, 0.717) is 16.8 Å². The fraction of sp³-hybridized carbons (Fsp3) is 0.636. The number of aromatic nitrogens is 2. The minimum atomic E-state index is 0.104. The van der Waals surface area contributed by atoms with Crippen LogP contribution in [-0.4, -0.2) is 34.8 Å². The third-order valence-corrected chi connectivity index (χ3v) is 3.92. The fourth-order valence-electron chi connectivity index (χ4n) is 2.70. The summed E-state index contributed by atoms with van der Waals surface area (Å²) in [6.45, 7) is 0.823. The molecule has 1 aromatic rings. The third-order valence-electron chi connectivity index (χ3n) is 3.65. The first-order chi connectivity index (χ1) is 8.27. The second kappa shape index (κ2) is 4.40. The van der Waals surface area contributed by atoms with Crippen LogP contribution in [0.3, 0.4) is 0 Å². The van der Waals surface area contributed by atoms with Crippen molar-refractivity contribution in [2.75, 3.05) is 11.9 Å². The van der Waals surface area contributed by atoms with Crippen molar-refractivity contribution in [1.82, 2.24) is 9.97 Å². The Morgan fingerprint density at radius 2 is 2.41 bits per heavy atom. The van der Waals surface area contributed by atoms with Crippen LogP contribution in [0.4, 0.5) is 5.82 Å². The highest BCUT2D eigenvalue weighted by atomic mass is 35.5. The Labute approximate surface area is 105 Å². The topological polar surface area (TPSA) is 73.1 Å². The van der Waals surface area contributed by atoms with E-state index in [2.05, 4.69) is 15.3 Å². The number of rotatable bonds is 2. The molecule has 17 heavy (non-hydrogen) atoms. The molecule has 0 aromatic carbocycles. The van der Waals surface area contributed by atoms with Gasteiger partial charge in [0.25, 0.3) is 0 Å². The van der Waals surface area contributed by atoms with Crippen LogP contribution in [0.15, 0.2) is 12.5 Å². The summed E-state index contributed by atoms with van der Waals surface area (Å²) in [7, 11) is 0. The Morgan fingerprint density at radius 1 is 1.53 bits per heavy atom. The van der Waals surface area contributed by atoms with Crippen LogP contribution in [0.25, 0.3) is 0 Å². The zero-order chi connectivity index (χ0) is 11.8. The highest BCUT2D eigenvalue weighted by Gasteiger charge is 2.50. The SMILES string of the molecule is NC1C2CCCOC2C1Nc1ncncc1Cl. The normalized spacial score (nSPS) is 35.9. The van der Waals surface area contributed by atoms with Crippen molar-refractivity contribution in [3.8, 4) is 0 Å². The van der Waals surface area contributed by atoms with Gasteiger partial charge in [-0.2, -0.15) is 0 Å². The molecule has 1 aliphatic carbocycles. The summed E-state index contributed by atoms with van der Waals surface area (Å²) in [6, 6.07) is 0.221. The van der Waals surface area contributed by atoms with Gasteiger partial charge in [0.15, 0.2) is 0 Å². The molecule has 0 radical (unpaired) electrons. The van der Waals surface area contributed by atoms with Crippen molar-refractivity contribution in [2.45, 2.75) is 31.0 Å². The molecular weight excluding hydrogens is 240 g/mol. The highest BCUT2D eigenvalue weighted by Crippen LogP contribution is 2.38. The van der Waals surface area contributed by atoms with E-state index < -0.39 is 0 Å². The molecule has 4 atom stereocenters. The lowest BCUT2D eigenvalue weighted by Gasteiger charge is -2.52. The average molecular weight is 255 g/mol. The smallest absolute Gasteiger partial charge is 0.148 e. The van der Waals surface area contributed by atoms with E-state index in [4.69, 9.17) is 22.1 Å². The summed E-state index contributed by atoms with van der Waals surface area (Å²) in [6.07, 6.45) is 5.50. The molecule has 1 saturated carbocycles. The zero-order valence-electron chi connectivity index (χ0n) is 9.34. The Bertz CT molecular complexity index is 416. The molecule has 0 bridgehead atoms. The van der Waals surface area contributed by atoms with Gasteiger partial charge in [-0.25, -0.2) is 9.97 Å². The minimum absolute atomic E-state index is 0.104. The molecule has 2 fully saturated rings. The summed E-state index contributed by atoms with van der Waals surface area (Å²) in [5.41, 5.74) is 6.15. The van der Waals surface area contributed by atoms with E-state index >= 15 is 0 Å². The van der Waals surface area contributed by atoms with Crippen LogP contribution in [0.1, 0.15) is 12.8 Å². The number of hydrogen-bond donors (Lipinski definition) is 2. The van der Waals surface area contributed by atoms with Crippen LogP contribution >= 0.6 is 11.6 Å². The molecule has 92 valence electrons. The lowest BCUT2D eigenvalue weighted by Crippen LogP contribution is -2.69. The van der Waals surface area contributed by atoms with Crippen molar-refractivity contribution in [3.63, 3.8) is 0 Å². The van der Waals surface area contributed by atoms with Gasteiger partial charge in [0, 0.05) is 18.6 Å². The zero-order valence-corrected chi connectivity index (χ0v) is 10.1. The maximum atomic E-state index is 6.15. The summed E-state index contributed by atoms with van der Waals surface area (Å²) >= 11 is 6.00. The predicted molar refractivity (Wildman–Crippen MR) is 64.9 cm³/mol. The van der Waals surface area contributed by atoms with E-state index in [9.17, 15) is 0 Å². The van der Waals surface area contributed by atoms with Gasteiger partial charge in [-0.3, -0.25) is 0 Å². The molecule has 0 amide bonds. The van der Waals surface area contributed by atoms with Crippen molar-refractivity contribution in [3.05, 3.63) is 17.5 Å². The van der Waals surface area contributed by atoms with Crippen molar-refractivity contribution < 1.29 is 4.74 Å². The predicted octanol–water partition coefficient (Wildman–Crippen LogP) is 1.05. The average Bonchev–Trinajstić information content (AvgIpc) is 2.37. The molecule has 2 aliphatic rings. The number of ether oxygens (including phenoxy) is 1. The maximum absolute atomic E-state index is 6.15. The lowest BCUT2D eigenvalue weighted by molar-refractivity contribution is -0.104. The van der Waals surface area contributed by atoms with Crippen molar-refractivity contribution >= 4 is 17.4 Å². The molecule has 3 N–H and O–H groups in total. The summed E-state index contributed by atoms with van der Waals surface area (Å²) in [5, 5.41) is 3.78. The van der Waals surface area contributed by atoms with Gasteiger partial charge in [-0.1, -0.05) is 11.6 Å². The number of halogens is 1. The number of nitrogens with zero attached hydrogens (tertiary/aromatic N) is 2. The van der Waals surface area contributed by atoms with Gasteiger partial charge in [-0.05, 0) is 12.8 Å². The molecule has 5 nitrogen and oxygen atoms in total. The number of nitrogens with two attached hydrogens (primary N) is 1. The first-order valence-electron chi connectivity index (χ1n) is 5.86. The van der Waals surface area contributed by atoms with Gasteiger partial charge < -0.3 is 15.8 Å². The monoisotopic (exact) mass is 254 g/mol. The summed E-state index contributed by atoms with van der Waals surface area (Å²) < 4.78 is 5.74. The summed E-state index contributed by atoms with van der Waals surface area (Å²) in [4.78, 5) is 7.96. The van der Waals surface area contributed by atoms with Gasteiger partial charge in [-0.15, -0.1) is 0 Å². The molecule has 4 unspecified atom stereocenters. The number of hydrogen-bond acceptors (Lipinski definition) is 5. The molecule has 1 aromatic heterocycles. The van der Waals surface area contributed by atoms with Gasteiger partial charge in [0.05, 0.1) is 18.3 Å². The molecule has 6 heteroatoms. The highest BCUT2D eigenvalue weighted by molar-refractivity contribution is 6.32. The molecule has 1 saturated heterocycles. The fourth-order valence-corrected chi connectivity index (χ4v) is 2.86. The van der Waals surface area contributed by atoms with Crippen molar-refractivity contribution in [2.24, 2.45) is 11.7 Å². The van der Waals surface area contributed by atoms with Crippen LogP contribution < -0.4 is 11.1 Å². The van der Waals surface area contributed by atoms with Crippen LogP contribution in [0, 0.1) is 5.92 Å². The van der Waals surface area contributed by atoms with Crippen LogP contribution in [-0.2, 0) is 4.74 Å². The maximum Gasteiger partial charge on any atom is 0.148 e. The van der Waals surface area contributed by atoms with E-state index in [1.165, 1.54) is 6.33 Å². The number of fused-ring (bicyclic) bond motifs is 1. The third kappa shape index (κ3) is 1.88. The molecule has 3 rings (SSSR count). The lowest BCUT2D eigenvalue weighted by atomic mass is 9.68. The number of nitrogens with one attached hydrogen (secondary N) is 1. The van der Waals surface area contributed by atoms with Crippen LogP contribution in [0.5, 0.6) is 0 Å². The van der Waals surface area contributed by atoms with Crippen LogP contribution in [0.2, 0.25) is 5.02 Å². The Hall–Kier alpha value is -0.910. The first-order valence-corrected chi connectivity index (χ1v) is 6.24. The van der Waals surface area contributed by atoms with E-state index in [-0.39, 0.29) is 18.2 Å². The number of anilines is 1. The molecular formula is C11H15ClN4O. The Morgan fingerprint density at radius 3 is 3.24 bits per heavy atom.